The van der Waals surface area contributed by atoms with Gasteiger partial charge in [-0.15, -0.1) is 0 Å². The van der Waals surface area contributed by atoms with Crippen molar-refractivity contribution in [2.75, 3.05) is 44.7 Å². The molecule has 0 saturated carbocycles. The maximum atomic E-state index is 13.6. The molecule has 2 saturated heterocycles. The number of rotatable bonds is 4. The predicted octanol–water partition coefficient (Wildman–Crippen LogP) is 3.15. The summed E-state index contributed by atoms with van der Waals surface area (Å²) in [4.78, 5) is 4.61. The smallest absolute Gasteiger partial charge is 0.142 e. The minimum Gasteiger partial charge on any atom is -0.491 e. The van der Waals surface area contributed by atoms with E-state index in [-0.39, 0.29) is 5.82 Å². The fourth-order valence-corrected chi connectivity index (χ4v) is 3.25. The molecule has 4 heteroatoms. The Morgan fingerprint density at radius 3 is 2.57 bits per heavy atom. The summed E-state index contributed by atoms with van der Waals surface area (Å²) in [7, 11) is 2.17. The summed E-state index contributed by atoms with van der Waals surface area (Å²) in [5, 5.41) is 0. The molecule has 0 radical (unpaired) electrons. The lowest BCUT2D eigenvalue weighted by atomic mass is 9.98. The van der Waals surface area contributed by atoms with Crippen LogP contribution in [0, 0.1) is 11.7 Å². The van der Waals surface area contributed by atoms with E-state index in [1.54, 1.807) is 12.1 Å². The Bertz CT molecular complexity index is 466. The Hall–Kier alpha value is -1.29. The van der Waals surface area contributed by atoms with Crippen molar-refractivity contribution in [2.24, 2.45) is 5.92 Å². The van der Waals surface area contributed by atoms with Crippen LogP contribution in [0.2, 0.25) is 0 Å². The molecule has 2 aliphatic heterocycles. The highest BCUT2D eigenvalue weighted by molar-refractivity contribution is 5.59. The van der Waals surface area contributed by atoms with Gasteiger partial charge >= 0.3 is 0 Å². The number of hydrogen-bond donors (Lipinski definition) is 0. The van der Waals surface area contributed by atoms with Gasteiger partial charge in [0, 0.05) is 19.2 Å². The van der Waals surface area contributed by atoms with E-state index in [9.17, 15) is 4.39 Å². The van der Waals surface area contributed by atoms with E-state index in [2.05, 4.69) is 16.8 Å². The maximum absolute atomic E-state index is 13.6. The summed E-state index contributed by atoms with van der Waals surface area (Å²) in [5.74, 6) is 1.29. The van der Waals surface area contributed by atoms with E-state index in [1.807, 2.05) is 0 Å². The Morgan fingerprint density at radius 2 is 1.86 bits per heavy atom. The summed E-state index contributed by atoms with van der Waals surface area (Å²) in [6.45, 7) is 5.06. The highest BCUT2D eigenvalue weighted by Crippen LogP contribution is 2.32. The molecule has 0 N–H and O–H groups in total. The number of benzene rings is 1. The second-order valence-electron chi connectivity index (χ2n) is 6.36. The Balaban J connectivity index is 1.64. The van der Waals surface area contributed by atoms with Crippen LogP contribution >= 0.6 is 0 Å². The Morgan fingerprint density at radius 1 is 1.14 bits per heavy atom. The molecule has 3 nitrogen and oxygen atoms in total. The van der Waals surface area contributed by atoms with Gasteiger partial charge in [0.05, 0.1) is 12.3 Å². The number of nitrogens with zero attached hydrogens (tertiary/aromatic N) is 2. The molecule has 0 aliphatic carbocycles. The third-order valence-corrected chi connectivity index (χ3v) is 4.68. The van der Waals surface area contributed by atoms with Crippen LogP contribution in [0.1, 0.15) is 25.7 Å². The van der Waals surface area contributed by atoms with Crippen molar-refractivity contribution < 1.29 is 9.13 Å². The molecule has 2 heterocycles. The first kappa shape index (κ1) is 14.6. The van der Waals surface area contributed by atoms with E-state index < -0.39 is 0 Å². The van der Waals surface area contributed by atoms with Crippen molar-refractivity contribution in [3.05, 3.63) is 24.0 Å². The van der Waals surface area contributed by atoms with Crippen LogP contribution in [0.3, 0.4) is 0 Å². The molecule has 0 bridgehead atoms. The zero-order chi connectivity index (χ0) is 14.7. The highest BCUT2D eigenvalue weighted by Gasteiger charge is 2.20. The van der Waals surface area contributed by atoms with Crippen LogP contribution < -0.4 is 9.64 Å². The minimum atomic E-state index is -0.177. The third-order valence-electron chi connectivity index (χ3n) is 4.68. The van der Waals surface area contributed by atoms with Crippen LogP contribution in [-0.2, 0) is 0 Å². The summed E-state index contributed by atoms with van der Waals surface area (Å²) >= 11 is 0. The van der Waals surface area contributed by atoms with Gasteiger partial charge < -0.3 is 14.5 Å². The van der Waals surface area contributed by atoms with E-state index in [4.69, 9.17) is 4.74 Å². The maximum Gasteiger partial charge on any atom is 0.142 e. The van der Waals surface area contributed by atoms with Crippen molar-refractivity contribution in [1.29, 1.82) is 0 Å². The second kappa shape index (κ2) is 6.65. The summed E-state index contributed by atoms with van der Waals surface area (Å²) in [5.41, 5.74) is 0.931. The van der Waals surface area contributed by atoms with Crippen LogP contribution in [0.5, 0.6) is 5.75 Å². The van der Waals surface area contributed by atoms with E-state index in [1.165, 1.54) is 31.7 Å². The molecule has 0 amide bonds. The Labute approximate surface area is 126 Å². The van der Waals surface area contributed by atoms with E-state index >= 15 is 0 Å². The molecular weight excluding hydrogens is 267 g/mol. The molecule has 2 fully saturated rings. The first-order valence-electron chi connectivity index (χ1n) is 8.08. The zero-order valence-electron chi connectivity index (χ0n) is 12.9. The number of likely N-dealkylation sites (tertiary alicyclic amines) is 1. The van der Waals surface area contributed by atoms with E-state index in [0.29, 0.717) is 5.92 Å². The number of piperidine rings is 1. The molecular formula is C17H25FN2O. The number of anilines is 1. The van der Waals surface area contributed by atoms with Gasteiger partial charge in [0.1, 0.15) is 11.6 Å². The van der Waals surface area contributed by atoms with Gasteiger partial charge in [-0.1, -0.05) is 0 Å². The predicted molar refractivity (Wildman–Crippen MR) is 83.6 cm³/mol. The molecule has 0 atom stereocenters. The number of hydrogen-bond acceptors (Lipinski definition) is 3. The quantitative estimate of drug-likeness (QED) is 0.848. The third kappa shape index (κ3) is 3.67. The van der Waals surface area contributed by atoms with Gasteiger partial charge in [0.15, 0.2) is 0 Å². The van der Waals surface area contributed by atoms with Crippen LogP contribution in [0.4, 0.5) is 10.1 Å². The normalized spacial score (nSPS) is 21.0. The first-order valence-corrected chi connectivity index (χ1v) is 8.08. The topological polar surface area (TPSA) is 15.7 Å². The van der Waals surface area contributed by atoms with E-state index in [0.717, 1.165) is 44.2 Å². The SMILES string of the molecule is CN1CCC(COc2ccc(F)cc2N2CCCC2)CC1. The monoisotopic (exact) mass is 292 g/mol. The van der Waals surface area contributed by atoms with Crippen molar-refractivity contribution in [3.8, 4) is 5.75 Å². The summed E-state index contributed by atoms with van der Waals surface area (Å²) in [6.07, 6.45) is 4.75. The number of ether oxygens (including phenoxy) is 1. The average Bonchev–Trinajstić information content (AvgIpc) is 3.02. The van der Waals surface area contributed by atoms with Gasteiger partial charge in [-0.25, -0.2) is 4.39 Å². The highest BCUT2D eigenvalue weighted by atomic mass is 19.1. The Kier molecular flexibility index (Phi) is 4.63. The minimum absolute atomic E-state index is 0.177. The van der Waals surface area contributed by atoms with Crippen LogP contribution in [-0.4, -0.2) is 44.7 Å². The van der Waals surface area contributed by atoms with Crippen molar-refractivity contribution in [1.82, 2.24) is 4.90 Å². The van der Waals surface area contributed by atoms with Gasteiger partial charge in [-0.2, -0.15) is 0 Å². The largest absolute Gasteiger partial charge is 0.491 e. The number of halogens is 1. The average molecular weight is 292 g/mol. The van der Waals surface area contributed by atoms with Gasteiger partial charge in [0.2, 0.25) is 0 Å². The van der Waals surface area contributed by atoms with Crippen molar-refractivity contribution in [2.45, 2.75) is 25.7 Å². The fourth-order valence-electron chi connectivity index (χ4n) is 3.25. The molecule has 1 aromatic rings. The molecule has 2 aliphatic rings. The van der Waals surface area contributed by atoms with Gasteiger partial charge in [-0.3, -0.25) is 0 Å². The van der Waals surface area contributed by atoms with Gasteiger partial charge in [-0.05, 0) is 63.9 Å². The molecule has 116 valence electrons. The molecule has 0 spiro atoms. The van der Waals surface area contributed by atoms with Gasteiger partial charge in [0.25, 0.3) is 0 Å². The standard InChI is InChI=1S/C17H25FN2O/c1-19-10-6-14(7-11-19)13-21-17-5-4-15(18)12-16(17)20-8-2-3-9-20/h4-5,12,14H,2-3,6-11,13H2,1H3. The molecule has 0 aromatic heterocycles. The summed E-state index contributed by atoms with van der Waals surface area (Å²) < 4.78 is 19.6. The second-order valence-corrected chi connectivity index (χ2v) is 6.36. The lowest BCUT2D eigenvalue weighted by Crippen LogP contribution is -2.32. The van der Waals surface area contributed by atoms with Crippen LogP contribution in [0.25, 0.3) is 0 Å². The van der Waals surface area contributed by atoms with Crippen molar-refractivity contribution >= 4 is 5.69 Å². The fraction of sp³-hybridized carbons (Fsp3) is 0.647. The lowest BCUT2D eigenvalue weighted by Gasteiger charge is -2.29. The lowest BCUT2D eigenvalue weighted by molar-refractivity contribution is 0.160. The zero-order valence-corrected chi connectivity index (χ0v) is 12.9. The molecule has 0 unspecified atom stereocenters. The summed E-state index contributed by atoms with van der Waals surface area (Å²) in [6, 6.07) is 4.91. The molecule has 3 rings (SSSR count). The first-order chi connectivity index (χ1) is 10.2. The molecule has 21 heavy (non-hydrogen) atoms. The van der Waals surface area contributed by atoms with Crippen molar-refractivity contribution in [3.63, 3.8) is 0 Å². The van der Waals surface area contributed by atoms with Crippen LogP contribution in [0.15, 0.2) is 18.2 Å². The molecule has 1 aromatic carbocycles.